The molecule has 0 fully saturated rings. The smallest absolute Gasteiger partial charge is 0.222 e. The van der Waals surface area contributed by atoms with Gasteiger partial charge in [-0.05, 0) is 25.0 Å². The van der Waals surface area contributed by atoms with Crippen molar-refractivity contribution in [3.63, 3.8) is 0 Å². The van der Waals surface area contributed by atoms with E-state index in [-0.39, 0.29) is 5.91 Å². The van der Waals surface area contributed by atoms with Crippen molar-refractivity contribution in [3.8, 4) is 5.75 Å². The first-order valence-electron chi connectivity index (χ1n) is 8.03. The van der Waals surface area contributed by atoms with Gasteiger partial charge in [0, 0.05) is 18.3 Å². The van der Waals surface area contributed by atoms with Gasteiger partial charge in [0.1, 0.15) is 17.4 Å². The van der Waals surface area contributed by atoms with E-state index in [0.717, 1.165) is 35.0 Å². The third-order valence-corrected chi connectivity index (χ3v) is 4.42. The Bertz CT molecular complexity index is 639. The van der Waals surface area contributed by atoms with Crippen LogP contribution in [0.25, 0.3) is 0 Å². The zero-order chi connectivity index (χ0) is 16.7. The number of nitrogens with zero attached hydrogens (tertiary/aromatic N) is 2. The van der Waals surface area contributed by atoms with Crippen molar-refractivity contribution in [2.75, 3.05) is 6.54 Å². The Morgan fingerprint density at radius 2 is 2.09 bits per heavy atom. The first kappa shape index (κ1) is 17.5. The van der Waals surface area contributed by atoms with Crippen molar-refractivity contribution in [1.82, 2.24) is 9.88 Å². The number of hydrogen-bond donors (Lipinski definition) is 0. The average Bonchev–Trinajstić information content (AvgIpc) is 3.00. The van der Waals surface area contributed by atoms with Crippen LogP contribution in [0.5, 0.6) is 5.75 Å². The number of aryl methyl sites for hydroxylation is 1. The van der Waals surface area contributed by atoms with E-state index in [1.54, 1.807) is 11.3 Å². The predicted molar refractivity (Wildman–Crippen MR) is 93.6 cm³/mol. The lowest BCUT2D eigenvalue weighted by molar-refractivity contribution is -0.131. The van der Waals surface area contributed by atoms with Crippen LogP contribution in [0, 0.1) is 6.92 Å². The number of aromatic nitrogens is 1. The molecule has 1 aromatic heterocycles. The van der Waals surface area contributed by atoms with E-state index in [2.05, 4.69) is 11.9 Å². The number of para-hydroxylation sites is 1. The molecule has 124 valence electrons. The fraction of sp³-hybridized carbons (Fsp3) is 0.444. The molecule has 0 aliphatic heterocycles. The van der Waals surface area contributed by atoms with Crippen LogP contribution in [0.3, 0.4) is 0 Å². The quantitative estimate of drug-likeness (QED) is 0.728. The molecule has 0 N–H and O–H groups in total. The van der Waals surface area contributed by atoms with Gasteiger partial charge in [-0.3, -0.25) is 4.79 Å². The van der Waals surface area contributed by atoms with Crippen molar-refractivity contribution >= 4 is 17.2 Å². The van der Waals surface area contributed by atoms with E-state index < -0.39 is 0 Å². The number of ether oxygens (including phenoxy) is 1. The summed E-state index contributed by atoms with van der Waals surface area (Å²) in [7, 11) is 0. The normalized spacial score (nSPS) is 10.6. The highest BCUT2D eigenvalue weighted by Gasteiger charge is 2.13. The van der Waals surface area contributed by atoms with Crippen LogP contribution in [-0.4, -0.2) is 22.3 Å². The third kappa shape index (κ3) is 5.06. The summed E-state index contributed by atoms with van der Waals surface area (Å²) in [6.45, 7) is 7.83. The minimum absolute atomic E-state index is 0.178. The second kappa shape index (κ2) is 8.67. The molecule has 0 atom stereocenters. The number of amides is 1. The van der Waals surface area contributed by atoms with Gasteiger partial charge in [0.25, 0.3) is 0 Å². The Morgan fingerprint density at radius 1 is 1.30 bits per heavy atom. The van der Waals surface area contributed by atoms with Crippen molar-refractivity contribution in [1.29, 1.82) is 0 Å². The maximum atomic E-state index is 11.9. The van der Waals surface area contributed by atoms with E-state index in [1.165, 1.54) is 0 Å². The molecule has 0 aliphatic rings. The van der Waals surface area contributed by atoms with Gasteiger partial charge in [0.15, 0.2) is 0 Å². The van der Waals surface area contributed by atoms with E-state index in [1.807, 2.05) is 48.4 Å². The number of rotatable bonds is 8. The summed E-state index contributed by atoms with van der Waals surface area (Å²) in [5.74, 6) is 1.07. The van der Waals surface area contributed by atoms with Crippen LogP contribution in [-0.2, 0) is 17.9 Å². The van der Waals surface area contributed by atoms with Gasteiger partial charge < -0.3 is 9.64 Å². The lowest BCUT2D eigenvalue weighted by Crippen LogP contribution is -2.30. The zero-order valence-electron chi connectivity index (χ0n) is 14.0. The van der Waals surface area contributed by atoms with Gasteiger partial charge >= 0.3 is 0 Å². The summed E-state index contributed by atoms with van der Waals surface area (Å²) < 4.78 is 5.82. The van der Waals surface area contributed by atoms with Crippen LogP contribution in [0.2, 0.25) is 0 Å². The molecule has 0 saturated carbocycles. The Kier molecular flexibility index (Phi) is 6.59. The van der Waals surface area contributed by atoms with E-state index in [0.29, 0.717) is 19.6 Å². The third-order valence-electron chi connectivity index (χ3n) is 3.55. The summed E-state index contributed by atoms with van der Waals surface area (Å²) >= 11 is 1.58. The molecule has 0 unspecified atom stereocenters. The molecule has 23 heavy (non-hydrogen) atoms. The second-order valence-corrected chi connectivity index (χ2v) is 6.40. The molecule has 1 heterocycles. The van der Waals surface area contributed by atoms with Gasteiger partial charge in [-0.15, -0.1) is 11.3 Å². The largest absolute Gasteiger partial charge is 0.486 e. The molecule has 1 aromatic carbocycles. The summed E-state index contributed by atoms with van der Waals surface area (Å²) in [5.41, 5.74) is 2.06. The average molecular weight is 332 g/mol. The molecule has 0 spiro atoms. The van der Waals surface area contributed by atoms with E-state index >= 15 is 0 Å². The molecule has 5 heteroatoms. The molecule has 4 nitrogen and oxygen atoms in total. The Hall–Kier alpha value is -1.88. The summed E-state index contributed by atoms with van der Waals surface area (Å²) in [6, 6.07) is 7.96. The monoisotopic (exact) mass is 332 g/mol. The van der Waals surface area contributed by atoms with E-state index in [9.17, 15) is 4.79 Å². The van der Waals surface area contributed by atoms with Crippen LogP contribution < -0.4 is 4.74 Å². The summed E-state index contributed by atoms with van der Waals surface area (Å²) in [4.78, 5) is 18.4. The molecule has 0 aliphatic carbocycles. The van der Waals surface area contributed by atoms with Crippen LogP contribution >= 0.6 is 11.3 Å². The zero-order valence-corrected chi connectivity index (χ0v) is 14.9. The van der Waals surface area contributed by atoms with Crippen LogP contribution in [0.15, 0.2) is 29.6 Å². The van der Waals surface area contributed by atoms with Gasteiger partial charge in [-0.2, -0.15) is 0 Å². The van der Waals surface area contributed by atoms with Gasteiger partial charge in [0.2, 0.25) is 5.91 Å². The molecule has 2 aromatic rings. The Balaban J connectivity index is 1.94. The number of carbonyl (C=O) groups excluding carboxylic acids is 1. The maximum absolute atomic E-state index is 11.9. The minimum atomic E-state index is 0.178. The minimum Gasteiger partial charge on any atom is -0.486 e. The molecule has 0 bridgehead atoms. The number of thiazole rings is 1. The summed E-state index contributed by atoms with van der Waals surface area (Å²) in [6.07, 6.45) is 1.49. The molecule has 0 radical (unpaired) electrons. The number of hydrogen-bond acceptors (Lipinski definition) is 4. The second-order valence-electron chi connectivity index (χ2n) is 5.46. The van der Waals surface area contributed by atoms with Gasteiger partial charge in [-0.25, -0.2) is 4.98 Å². The first-order chi connectivity index (χ1) is 11.1. The van der Waals surface area contributed by atoms with Crippen LogP contribution in [0.1, 0.15) is 43.0 Å². The highest BCUT2D eigenvalue weighted by atomic mass is 32.1. The maximum Gasteiger partial charge on any atom is 0.222 e. The first-order valence-corrected chi connectivity index (χ1v) is 8.91. The van der Waals surface area contributed by atoms with Crippen molar-refractivity contribution in [2.24, 2.45) is 0 Å². The molecule has 1 amide bonds. The SMILES string of the molecule is CCCN(Cc1csc(COc2ccccc2C)n1)C(=O)CC. The van der Waals surface area contributed by atoms with Crippen LogP contribution in [0.4, 0.5) is 0 Å². The topological polar surface area (TPSA) is 42.4 Å². The lowest BCUT2D eigenvalue weighted by Gasteiger charge is -2.20. The van der Waals surface area contributed by atoms with Crippen molar-refractivity contribution in [2.45, 2.75) is 46.8 Å². The van der Waals surface area contributed by atoms with Gasteiger partial charge in [-0.1, -0.05) is 32.0 Å². The number of benzene rings is 1. The highest BCUT2D eigenvalue weighted by molar-refractivity contribution is 7.09. The highest BCUT2D eigenvalue weighted by Crippen LogP contribution is 2.19. The molecular weight excluding hydrogens is 308 g/mol. The summed E-state index contributed by atoms with van der Waals surface area (Å²) in [5, 5.41) is 2.95. The predicted octanol–water partition coefficient (Wildman–Crippen LogP) is 4.18. The van der Waals surface area contributed by atoms with Crippen molar-refractivity contribution < 1.29 is 9.53 Å². The Labute approximate surface area is 142 Å². The Morgan fingerprint density at radius 3 is 2.78 bits per heavy atom. The number of carbonyl (C=O) groups is 1. The molecular formula is C18H24N2O2S. The molecule has 2 rings (SSSR count). The standard InChI is InChI=1S/C18H24N2O2S/c1-4-10-20(18(21)5-2)11-15-13-23-17(19-15)12-22-16-9-7-6-8-14(16)3/h6-9,13H,4-5,10-12H2,1-3H3. The lowest BCUT2D eigenvalue weighted by atomic mass is 10.2. The van der Waals surface area contributed by atoms with Crippen molar-refractivity contribution in [3.05, 3.63) is 45.9 Å². The fourth-order valence-electron chi connectivity index (χ4n) is 2.33. The van der Waals surface area contributed by atoms with Gasteiger partial charge in [0.05, 0.1) is 12.2 Å². The van der Waals surface area contributed by atoms with E-state index in [4.69, 9.17) is 4.74 Å². The molecule has 0 saturated heterocycles. The fourth-order valence-corrected chi connectivity index (χ4v) is 3.02.